The standard InChI is InChI=1S/C65H118O14/c1-3-5-7-9-11-13-15-17-19-21-23-25-26-27-29-31-33-35-37-39-41-43-45-47-49-74-51-54(52-75-64-63(73)61(71)59(69)56(79-64)53-76-65-62(72)60(70)58(68)55(50-66)78-65)77-57(67)48-46-44-42-40-38-36-34-32-30-28-24-22-20-18-16-14-12-10-8-6-4-2/h15-18,21-24,54-56,58-66,68-73H,3-14,19-20,25-53H2,1-2H3/b17-15-,18-16-,23-21-,24-22-. The molecule has 462 valence electrons. The number of aliphatic hydroxyl groups is 7. The summed E-state index contributed by atoms with van der Waals surface area (Å²) in [4.78, 5) is 13.1. The number of carbonyl (C=O) groups excluding carboxylic acids is 1. The van der Waals surface area contributed by atoms with Crippen LogP contribution in [-0.2, 0) is 33.2 Å². The molecule has 0 aromatic rings. The lowest BCUT2D eigenvalue weighted by Crippen LogP contribution is -2.61. The van der Waals surface area contributed by atoms with Gasteiger partial charge in [0.25, 0.3) is 0 Å². The van der Waals surface area contributed by atoms with E-state index in [0.29, 0.717) is 13.0 Å². The average molecular weight is 1120 g/mol. The van der Waals surface area contributed by atoms with Crippen molar-refractivity contribution in [3.8, 4) is 0 Å². The number of allylic oxidation sites excluding steroid dienone is 8. The Morgan fingerprint density at radius 2 is 0.785 bits per heavy atom. The minimum atomic E-state index is -1.71. The van der Waals surface area contributed by atoms with Crippen molar-refractivity contribution < 1.29 is 69.0 Å². The van der Waals surface area contributed by atoms with Crippen molar-refractivity contribution in [3.05, 3.63) is 48.6 Å². The first kappa shape index (κ1) is 73.1. The van der Waals surface area contributed by atoms with Crippen LogP contribution in [0.15, 0.2) is 48.6 Å². The van der Waals surface area contributed by atoms with Gasteiger partial charge in [-0.3, -0.25) is 4.79 Å². The van der Waals surface area contributed by atoms with Gasteiger partial charge in [0.05, 0.1) is 26.4 Å². The summed E-state index contributed by atoms with van der Waals surface area (Å²) in [7, 11) is 0. The van der Waals surface area contributed by atoms with Crippen molar-refractivity contribution in [3.63, 3.8) is 0 Å². The molecule has 0 aliphatic carbocycles. The maximum Gasteiger partial charge on any atom is 0.306 e. The van der Waals surface area contributed by atoms with E-state index in [-0.39, 0.29) is 25.6 Å². The van der Waals surface area contributed by atoms with E-state index >= 15 is 0 Å². The first-order valence-electron chi connectivity index (χ1n) is 32.2. The van der Waals surface area contributed by atoms with Gasteiger partial charge in [-0.25, -0.2) is 0 Å². The van der Waals surface area contributed by atoms with Crippen molar-refractivity contribution in [2.75, 3.05) is 33.0 Å². The van der Waals surface area contributed by atoms with Gasteiger partial charge in [-0.1, -0.05) is 223 Å². The summed E-state index contributed by atoms with van der Waals surface area (Å²) in [5, 5.41) is 72.5. The van der Waals surface area contributed by atoms with Gasteiger partial charge < -0.3 is 64.2 Å². The zero-order chi connectivity index (χ0) is 57.2. The van der Waals surface area contributed by atoms with E-state index in [0.717, 1.165) is 57.8 Å². The van der Waals surface area contributed by atoms with Crippen LogP contribution in [0, 0.1) is 0 Å². The summed E-state index contributed by atoms with van der Waals surface area (Å²) in [6.45, 7) is 3.70. The van der Waals surface area contributed by atoms with Crippen LogP contribution >= 0.6 is 0 Å². The van der Waals surface area contributed by atoms with Crippen molar-refractivity contribution in [1.82, 2.24) is 0 Å². The molecule has 79 heavy (non-hydrogen) atoms. The quantitative estimate of drug-likeness (QED) is 0.0172. The summed E-state index contributed by atoms with van der Waals surface area (Å²) in [6, 6.07) is 0. The minimum absolute atomic E-state index is 0.0595. The normalized spacial score (nSPS) is 24.3. The highest BCUT2D eigenvalue weighted by atomic mass is 16.7. The van der Waals surface area contributed by atoms with Crippen molar-refractivity contribution >= 4 is 5.97 Å². The van der Waals surface area contributed by atoms with Crippen LogP contribution in [0.25, 0.3) is 0 Å². The molecule has 2 aliphatic heterocycles. The Bertz CT molecular complexity index is 1490. The maximum absolute atomic E-state index is 13.1. The van der Waals surface area contributed by atoms with Gasteiger partial charge in [-0.2, -0.15) is 0 Å². The second-order valence-corrected chi connectivity index (χ2v) is 22.6. The summed E-state index contributed by atoms with van der Waals surface area (Å²) in [6.07, 6.45) is 47.4. The molecule has 0 amide bonds. The number of carbonyl (C=O) groups is 1. The highest BCUT2D eigenvalue weighted by Gasteiger charge is 2.47. The van der Waals surface area contributed by atoms with Gasteiger partial charge >= 0.3 is 5.97 Å². The van der Waals surface area contributed by atoms with E-state index in [4.69, 9.17) is 28.4 Å². The number of aliphatic hydroxyl groups excluding tert-OH is 7. The van der Waals surface area contributed by atoms with Gasteiger partial charge in [0, 0.05) is 13.0 Å². The molecule has 2 rings (SSSR count). The molecule has 14 heteroatoms. The Morgan fingerprint density at radius 3 is 1.22 bits per heavy atom. The summed E-state index contributed by atoms with van der Waals surface area (Å²) >= 11 is 0. The zero-order valence-corrected chi connectivity index (χ0v) is 49.9. The van der Waals surface area contributed by atoms with Crippen LogP contribution in [0.5, 0.6) is 0 Å². The Morgan fingerprint density at radius 1 is 0.418 bits per heavy atom. The van der Waals surface area contributed by atoms with Crippen LogP contribution in [-0.4, -0.2) is 142 Å². The molecule has 0 radical (unpaired) electrons. The Labute approximate surface area is 480 Å². The van der Waals surface area contributed by atoms with Crippen LogP contribution in [0.3, 0.4) is 0 Å². The number of unbranched alkanes of at least 4 members (excludes halogenated alkanes) is 31. The largest absolute Gasteiger partial charge is 0.457 e. The van der Waals surface area contributed by atoms with E-state index in [9.17, 15) is 40.5 Å². The van der Waals surface area contributed by atoms with E-state index in [1.165, 1.54) is 173 Å². The Hall–Kier alpha value is -2.05. The number of hydrogen-bond donors (Lipinski definition) is 7. The van der Waals surface area contributed by atoms with Gasteiger partial charge in [0.1, 0.15) is 54.9 Å². The van der Waals surface area contributed by atoms with E-state index in [1.54, 1.807) is 0 Å². The summed E-state index contributed by atoms with van der Waals surface area (Å²) in [5.74, 6) is -0.378. The molecular weight excluding hydrogens is 1000 g/mol. The molecule has 2 saturated heterocycles. The SMILES string of the molecule is CCCCCCC/C=C\C/C=C\CCCCCCCCCCCCCCOCC(COC1OC(COC2OC(CO)C(O)C(O)C2O)C(O)C(O)C1O)OC(=O)CCCCCCCCCCC/C=C\C/C=C\CCCCCCC. The predicted molar refractivity (Wildman–Crippen MR) is 316 cm³/mol. The fourth-order valence-electron chi connectivity index (χ4n) is 10.1. The fraction of sp³-hybridized carbons (Fsp3) is 0.862. The third-order valence-electron chi connectivity index (χ3n) is 15.3. The number of hydrogen-bond acceptors (Lipinski definition) is 14. The highest BCUT2D eigenvalue weighted by molar-refractivity contribution is 5.69. The second-order valence-electron chi connectivity index (χ2n) is 22.6. The monoisotopic (exact) mass is 1120 g/mol. The molecule has 0 aromatic carbocycles. The predicted octanol–water partition coefficient (Wildman–Crippen LogP) is 12.6. The fourth-order valence-corrected chi connectivity index (χ4v) is 10.1. The summed E-state index contributed by atoms with van der Waals surface area (Å²) < 4.78 is 34.5. The van der Waals surface area contributed by atoms with Crippen LogP contribution < -0.4 is 0 Å². The first-order valence-corrected chi connectivity index (χ1v) is 32.2. The molecule has 11 atom stereocenters. The summed E-state index contributed by atoms with van der Waals surface area (Å²) in [5.41, 5.74) is 0. The van der Waals surface area contributed by atoms with Crippen LogP contribution in [0.4, 0.5) is 0 Å². The Balaban J connectivity index is 1.67. The van der Waals surface area contributed by atoms with E-state index in [2.05, 4.69) is 62.5 Å². The molecule has 2 fully saturated rings. The second kappa shape index (κ2) is 51.6. The third kappa shape index (κ3) is 37.7. The molecule has 0 bridgehead atoms. The van der Waals surface area contributed by atoms with Crippen molar-refractivity contribution in [2.24, 2.45) is 0 Å². The third-order valence-corrected chi connectivity index (χ3v) is 15.3. The van der Waals surface area contributed by atoms with Crippen LogP contribution in [0.2, 0.25) is 0 Å². The van der Waals surface area contributed by atoms with Crippen molar-refractivity contribution in [1.29, 1.82) is 0 Å². The lowest BCUT2D eigenvalue weighted by Gasteiger charge is -2.42. The molecule has 0 spiro atoms. The number of ether oxygens (including phenoxy) is 6. The zero-order valence-electron chi connectivity index (χ0n) is 49.9. The van der Waals surface area contributed by atoms with Gasteiger partial charge in [-0.05, 0) is 77.0 Å². The van der Waals surface area contributed by atoms with Gasteiger partial charge in [0.15, 0.2) is 12.6 Å². The molecule has 14 nitrogen and oxygen atoms in total. The molecule has 0 saturated carbocycles. The van der Waals surface area contributed by atoms with E-state index < -0.39 is 80.7 Å². The molecule has 2 aliphatic rings. The molecule has 2 heterocycles. The average Bonchev–Trinajstić information content (AvgIpc) is 3.46. The minimum Gasteiger partial charge on any atom is -0.457 e. The topological polar surface area (TPSA) is 214 Å². The van der Waals surface area contributed by atoms with Crippen LogP contribution in [0.1, 0.15) is 258 Å². The highest BCUT2D eigenvalue weighted by Crippen LogP contribution is 2.27. The number of rotatable bonds is 53. The molecule has 0 aromatic heterocycles. The number of esters is 1. The molecule has 11 unspecified atom stereocenters. The maximum atomic E-state index is 13.1. The van der Waals surface area contributed by atoms with Crippen molar-refractivity contribution in [2.45, 2.75) is 325 Å². The van der Waals surface area contributed by atoms with Gasteiger partial charge in [-0.15, -0.1) is 0 Å². The van der Waals surface area contributed by atoms with Gasteiger partial charge in [0.2, 0.25) is 0 Å². The lowest BCUT2D eigenvalue weighted by atomic mass is 9.98. The first-order chi connectivity index (χ1) is 38.6. The molecule has 7 N–H and O–H groups in total. The smallest absolute Gasteiger partial charge is 0.306 e. The Kier molecular flexibility index (Phi) is 47.7. The lowest BCUT2D eigenvalue weighted by molar-refractivity contribution is -0.332. The molecular formula is C65H118O14. The van der Waals surface area contributed by atoms with E-state index in [1.807, 2.05) is 0 Å².